The van der Waals surface area contributed by atoms with E-state index >= 15 is 0 Å². The fraction of sp³-hybridized carbons (Fsp3) is 0.767. The van der Waals surface area contributed by atoms with Gasteiger partial charge in [0.2, 0.25) is 10.0 Å². The van der Waals surface area contributed by atoms with E-state index in [1.165, 1.54) is 38.2 Å². The molecule has 1 aromatic carbocycles. The minimum Gasteiger partial charge on any atom is -0.490 e. The van der Waals surface area contributed by atoms with E-state index in [2.05, 4.69) is 23.6 Å². The lowest BCUT2D eigenvalue weighted by molar-refractivity contribution is -0.0190. The molecular weight excluding hydrogens is 530 g/mol. The Kier molecular flexibility index (Phi) is 12.5. The maximum Gasteiger partial charge on any atom is 0.258 e. The summed E-state index contributed by atoms with van der Waals surface area (Å²) in [6.45, 7) is 8.59. The third-order valence-corrected chi connectivity index (χ3v) is 8.75. The van der Waals surface area contributed by atoms with Crippen molar-refractivity contribution in [3.8, 4) is 5.75 Å². The van der Waals surface area contributed by atoms with E-state index in [-0.39, 0.29) is 36.2 Å². The molecule has 1 saturated carbocycles. The number of carbonyl (C=O) groups excluding carboxylic acids is 1. The van der Waals surface area contributed by atoms with Gasteiger partial charge in [-0.15, -0.1) is 0 Å². The van der Waals surface area contributed by atoms with Gasteiger partial charge in [-0.25, -0.2) is 8.42 Å². The Morgan fingerprint density at radius 2 is 1.80 bits per heavy atom. The van der Waals surface area contributed by atoms with Crippen LogP contribution in [0.3, 0.4) is 0 Å². The SMILES string of the molecule is C[C@@H]1CCCCO[C@H](CN(C)CC2CCCCC2)[C@H](C)CN([C@@H](C)CO)C(=O)c2cc(NS(C)(=O)=O)ccc2O1. The van der Waals surface area contributed by atoms with Crippen LogP contribution in [0.4, 0.5) is 5.69 Å². The standard InChI is InChI=1S/C30H51N3O6S/c1-22-18-33(23(2)21-34)30(35)27-17-26(31-40(5,36)37)14-15-28(27)39-24(3)11-9-10-16-38-29(22)20-32(4)19-25-12-7-6-8-13-25/h14-15,17,22-25,29,31,34H,6-13,16,18-21H2,1-5H3/t22-,23+,24-,29-/m1/s1. The number of hydrogen-bond acceptors (Lipinski definition) is 7. The first-order chi connectivity index (χ1) is 19.0. The number of hydrogen-bond donors (Lipinski definition) is 2. The summed E-state index contributed by atoms with van der Waals surface area (Å²) in [6.07, 6.45) is 10.1. The van der Waals surface area contributed by atoms with E-state index in [0.29, 0.717) is 24.6 Å². The summed E-state index contributed by atoms with van der Waals surface area (Å²) in [4.78, 5) is 18.1. The smallest absolute Gasteiger partial charge is 0.258 e. The molecule has 1 amide bonds. The van der Waals surface area contributed by atoms with Crippen molar-refractivity contribution >= 4 is 21.6 Å². The highest BCUT2D eigenvalue weighted by molar-refractivity contribution is 7.92. The Labute approximate surface area is 241 Å². The van der Waals surface area contributed by atoms with Gasteiger partial charge in [-0.2, -0.15) is 0 Å². The van der Waals surface area contributed by atoms with Crippen molar-refractivity contribution in [2.24, 2.45) is 11.8 Å². The summed E-state index contributed by atoms with van der Waals surface area (Å²) in [6, 6.07) is 4.35. The number of fused-ring (bicyclic) bond motifs is 1. The van der Waals surface area contributed by atoms with Gasteiger partial charge in [0, 0.05) is 37.8 Å². The Morgan fingerprint density at radius 3 is 2.48 bits per heavy atom. The van der Waals surface area contributed by atoms with E-state index in [4.69, 9.17) is 9.47 Å². The van der Waals surface area contributed by atoms with Crippen molar-refractivity contribution in [3.05, 3.63) is 23.8 Å². The van der Waals surface area contributed by atoms with Crippen molar-refractivity contribution in [2.45, 2.75) is 90.4 Å². The van der Waals surface area contributed by atoms with Crippen LogP contribution in [0.1, 0.15) is 82.5 Å². The number of likely N-dealkylation sites (N-methyl/N-ethyl adjacent to an activating group) is 1. The highest BCUT2D eigenvalue weighted by atomic mass is 32.2. The Hall–Kier alpha value is -1.88. The number of anilines is 1. The first kappa shape index (κ1) is 32.6. The maximum atomic E-state index is 14.1. The van der Waals surface area contributed by atoms with Crippen LogP contribution in [-0.2, 0) is 14.8 Å². The van der Waals surface area contributed by atoms with Gasteiger partial charge in [-0.1, -0.05) is 26.2 Å². The fourth-order valence-corrected chi connectivity index (χ4v) is 6.41. The van der Waals surface area contributed by atoms with E-state index in [9.17, 15) is 18.3 Å². The molecule has 9 nitrogen and oxygen atoms in total. The molecule has 4 atom stereocenters. The first-order valence-electron chi connectivity index (χ1n) is 15.0. The van der Waals surface area contributed by atoms with Crippen LogP contribution in [-0.4, -0.2) is 93.6 Å². The number of carbonyl (C=O) groups is 1. The topological polar surface area (TPSA) is 108 Å². The van der Waals surface area contributed by atoms with Crippen LogP contribution in [0.5, 0.6) is 5.75 Å². The Balaban J connectivity index is 1.89. The molecular formula is C30H51N3O6S. The second-order valence-corrected chi connectivity index (χ2v) is 13.9. The molecule has 2 aliphatic rings. The molecule has 0 saturated heterocycles. The highest BCUT2D eigenvalue weighted by Gasteiger charge is 2.31. The molecule has 228 valence electrons. The predicted molar refractivity (Wildman–Crippen MR) is 159 cm³/mol. The number of sulfonamides is 1. The lowest BCUT2D eigenvalue weighted by atomic mass is 9.89. The van der Waals surface area contributed by atoms with E-state index in [0.717, 1.165) is 44.5 Å². The molecule has 3 rings (SSSR count). The number of nitrogens with one attached hydrogen (secondary N) is 1. The van der Waals surface area contributed by atoms with Crippen molar-refractivity contribution in [2.75, 3.05) is 50.9 Å². The average molecular weight is 582 g/mol. The number of ether oxygens (including phenoxy) is 2. The monoisotopic (exact) mass is 581 g/mol. The van der Waals surface area contributed by atoms with Crippen molar-refractivity contribution < 1.29 is 27.8 Å². The predicted octanol–water partition coefficient (Wildman–Crippen LogP) is 4.37. The molecule has 1 heterocycles. The van der Waals surface area contributed by atoms with Gasteiger partial charge in [0.25, 0.3) is 5.91 Å². The third kappa shape index (κ3) is 10.2. The van der Waals surface area contributed by atoms with Gasteiger partial charge in [0.15, 0.2) is 0 Å². The van der Waals surface area contributed by atoms with Crippen molar-refractivity contribution in [1.29, 1.82) is 0 Å². The lowest BCUT2D eigenvalue weighted by Crippen LogP contribution is -2.47. The van der Waals surface area contributed by atoms with Crippen LogP contribution in [0, 0.1) is 11.8 Å². The lowest BCUT2D eigenvalue weighted by Gasteiger charge is -2.36. The van der Waals surface area contributed by atoms with Gasteiger partial charge in [-0.3, -0.25) is 9.52 Å². The second kappa shape index (κ2) is 15.4. The highest BCUT2D eigenvalue weighted by Crippen LogP contribution is 2.29. The second-order valence-electron chi connectivity index (χ2n) is 12.1. The van der Waals surface area contributed by atoms with Crippen LogP contribution >= 0.6 is 0 Å². The summed E-state index contributed by atoms with van der Waals surface area (Å²) in [5.41, 5.74) is 0.569. The molecule has 2 N–H and O–H groups in total. The molecule has 1 fully saturated rings. The first-order valence-corrected chi connectivity index (χ1v) is 16.9. The molecule has 0 bridgehead atoms. The van der Waals surface area contributed by atoms with E-state index in [1.807, 2.05) is 13.8 Å². The summed E-state index contributed by atoms with van der Waals surface area (Å²) in [5, 5.41) is 10.1. The van der Waals surface area contributed by atoms with Crippen LogP contribution in [0.15, 0.2) is 18.2 Å². The molecule has 0 unspecified atom stereocenters. The fourth-order valence-electron chi connectivity index (χ4n) is 5.85. The quantitative estimate of drug-likeness (QED) is 0.470. The van der Waals surface area contributed by atoms with Crippen LogP contribution in [0.2, 0.25) is 0 Å². The number of aliphatic hydroxyl groups excluding tert-OH is 1. The number of amides is 1. The van der Waals surface area contributed by atoms with Crippen LogP contribution < -0.4 is 9.46 Å². The van der Waals surface area contributed by atoms with Gasteiger partial charge in [0.05, 0.1) is 36.7 Å². The van der Waals surface area contributed by atoms with Gasteiger partial charge in [0.1, 0.15) is 5.75 Å². The van der Waals surface area contributed by atoms with Crippen molar-refractivity contribution in [3.63, 3.8) is 0 Å². The molecule has 1 aliphatic heterocycles. The molecule has 1 aliphatic carbocycles. The van der Waals surface area contributed by atoms with Gasteiger partial charge < -0.3 is 24.4 Å². The van der Waals surface area contributed by atoms with E-state index in [1.54, 1.807) is 17.0 Å². The maximum absolute atomic E-state index is 14.1. The van der Waals surface area contributed by atoms with E-state index < -0.39 is 16.1 Å². The van der Waals surface area contributed by atoms with Gasteiger partial charge >= 0.3 is 0 Å². The minimum absolute atomic E-state index is 0.00955. The zero-order chi connectivity index (χ0) is 29.3. The number of nitrogens with zero attached hydrogens (tertiary/aromatic N) is 2. The Morgan fingerprint density at radius 1 is 1.10 bits per heavy atom. The third-order valence-electron chi connectivity index (χ3n) is 8.14. The summed E-state index contributed by atoms with van der Waals surface area (Å²) in [7, 11) is -1.36. The molecule has 1 aromatic rings. The minimum atomic E-state index is -3.53. The number of aliphatic hydroxyl groups is 1. The molecule has 0 spiro atoms. The molecule has 10 heteroatoms. The zero-order valence-corrected chi connectivity index (χ0v) is 25.9. The summed E-state index contributed by atoms with van der Waals surface area (Å²) >= 11 is 0. The van der Waals surface area contributed by atoms with Gasteiger partial charge in [-0.05, 0) is 77.1 Å². The molecule has 0 aromatic heterocycles. The number of rotatable bonds is 8. The normalized spacial score (nSPS) is 25.1. The Bertz CT molecular complexity index is 1050. The molecule has 40 heavy (non-hydrogen) atoms. The summed E-state index contributed by atoms with van der Waals surface area (Å²) in [5.74, 6) is 0.846. The summed E-state index contributed by atoms with van der Waals surface area (Å²) < 4.78 is 38.9. The largest absolute Gasteiger partial charge is 0.490 e. The van der Waals surface area contributed by atoms with Crippen LogP contribution in [0.25, 0.3) is 0 Å². The van der Waals surface area contributed by atoms with Crippen molar-refractivity contribution in [1.82, 2.24) is 9.80 Å². The number of benzene rings is 1. The average Bonchev–Trinajstić information content (AvgIpc) is 2.90. The zero-order valence-electron chi connectivity index (χ0n) is 25.1. The molecule has 0 radical (unpaired) electrons.